The molecule has 0 saturated heterocycles. The number of amides is 1. The monoisotopic (exact) mass is 327 g/mol. The van der Waals surface area contributed by atoms with E-state index in [1.165, 1.54) is 0 Å². The molecule has 0 aliphatic carbocycles. The Kier molecular flexibility index (Phi) is 3.62. The maximum atomic E-state index is 12.8. The number of benzene rings is 3. The summed E-state index contributed by atoms with van der Waals surface area (Å²) in [4.78, 5) is 12.8. The Bertz CT molecular complexity index is 931. The summed E-state index contributed by atoms with van der Waals surface area (Å²) in [6, 6.07) is 26.5. The maximum absolute atomic E-state index is 12.8. The summed E-state index contributed by atoms with van der Waals surface area (Å²) >= 11 is 0. The van der Waals surface area contributed by atoms with Gasteiger partial charge in [-0.2, -0.15) is 0 Å². The van der Waals surface area contributed by atoms with Crippen LogP contribution in [-0.2, 0) is 10.3 Å². The Morgan fingerprint density at radius 2 is 1.28 bits per heavy atom. The molecular weight excluding hydrogens is 310 g/mol. The van der Waals surface area contributed by atoms with E-state index in [4.69, 9.17) is 0 Å². The standard InChI is InChI=1S/C22H17NO2/c24-19-13-11-18(12-14-19)22(17-9-5-2-6-10-17)15-20(21(25)23-22)16-7-3-1-4-8-16/h1-15,24H,(H,23,25). The van der Waals surface area contributed by atoms with Crippen LogP contribution in [-0.4, -0.2) is 11.0 Å². The highest BCUT2D eigenvalue weighted by molar-refractivity contribution is 6.22. The SMILES string of the molecule is O=C1NC(c2ccccc2)(c2ccc(O)cc2)C=C1c1ccccc1. The van der Waals surface area contributed by atoms with E-state index < -0.39 is 5.54 Å². The molecule has 1 aliphatic rings. The Morgan fingerprint density at radius 3 is 1.92 bits per heavy atom. The van der Waals surface area contributed by atoms with Crippen molar-refractivity contribution in [2.24, 2.45) is 0 Å². The number of carbonyl (C=O) groups excluding carboxylic acids is 1. The molecule has 1 heterocycles. The molecule has 0 fully saturated rings. The van der Waals surface area contributed by atoms with Crippen LogP contribution in [0, 0.1) is 0 Å². The summed E-state index contributed by atoms with van der Waals surface area (Å²) in [6.45, 7) is 0. The second-order valence-corrected chi connectivity index (χ2v) is 6.10. The lowest BCUT2D eigenvalue weighted by Gasteiger charge is -2.29. The first kappa shape index (κ1) is 15.2. The number of nitrogens with one attached hydrogen (secondary N) is 1. The number of phenols is 1. The van der Waals surface area contributed by atoms with Gasteiger partial charge in [-0.25, -0.2) is 0 Å². The van der Waals surface area contributed by atoms with Crippen molar-refractivity contribution < 1.29 is 9.90 Å². The third kappa shape index (κ3) is 2.60. The third-order valence-corrected chi connectivity index (χ3v) is 4.55. The number of hydrogen-bond acceptors (Lipinski definition) is 2. The summed E-state index contributed by atoms with van der Waals surface area (Å²) in [7, 11) is 0. The lowest BCUT2D eigenvalue weighted by molar-refractivity contribution is -0.115. The normalized spacial score (nSPS) is 19.4. The van der Waals surface area contributed by atoms with Crippen molar-refractivity contribution in [1.82, 2.24) is 5.32 Å². The first-order chi connectivity index (χ1) is 12.2. The van der Waals surface area contributed by atoms with Gasteiger partial charge in [0.25, 0.3) is 5.91 Å². The van der Waals surface area contributed by atoms with E-state index in [0.717, 1.165) is 16.7 Å². The minimum absolute atomic E-state index is 0.108. The van der Waals surface area contributed by atoms with E-state index in [9.17, 15) is 9.90 Å². The molecule has 0 spiro atoms. The van der Waals surface area contributed by atoms with E-state index in [2.05, 4.69) is 5.32 Å². The molecule has 2 N–H and O–H groups in total. The molecule has 122 valence electrons. The van der Waals surface area contributed by atoms with Crippen LogP contribution in [0.15, 0.2) is 91.0 Å². The molecule has 1 amide bonds. The van der Waals surface area contributed by atoms with Gasteiger partial charge in [-0.05, 0) is 34.9 Å². The zero-order chi connectivity index (χ0) is 17.3. The predicted molar refractivity (Wildman–Crippen MR) is 97.9 cm³/mol. The Labute approximate surface area is 146 Å². The Hall–Kier alpha value is -3.33. The van der Waals surface area contributed by atoms with Gasteiger partial charge in [0.05, 0.1) is 0 Å². The molecule has 1 atom stereocenters. The van der Waals surface area contributed by atoms with Gasteiger partial charge in [0.2, 0.25) is 0 Å². The van der Waals surface area contributed by atoms with Gasteiger partial charge < -0.3 is 10.4 Å². The zero-order valence-corrected chi connectivity index (χ0v) is 13.5. The predicted octanol–water partition coefficient (Wildman–Crippen LogP) is 3.85. The minimum Gasteiger partial charge on any atom is -0.508 e. The average molecular weight is 327 g/mol. The quantitative estimate of drug-likeness (QED) is 0.768. The fourth-order valence-corrected chi connectivity index (χ4v) is 3.30. The van der Waals surface area contributed by atoms with Crippen LogP contribution in [0.1, 0.15) is 16.7 Å². The number of phenolic OH excluding ortho intramolecular Hbond substituents is 1. The van der Waals surface area contributed by atoms with E-state index in [0.29, 0.717) is 5.57 Å². The second kappa shape index (κ2) is 5.95. The van der Waals surface area contributed by atoms with E-state index in [1.807, 2.05) is 78.9 Å². The summed E-state index contributed by atoms with van der Waals surface area (Å²) in [5.41, 5.74) is 2.65. The van der Waals surface area contributed by atoms with Gasteiger partial charge in [0, 0.05) is 5.57 Å². The fraction of sp³-hybridized carbons (Fsp3) is 0.0455. The number of carbonyl (C=O) groups is 1. The molecule has 1 aliphatic heterocycles. The van der Waals surface area contributed by atoms with Gasteiger partial charge in [-0.1, -0.05) is 72.8 Å². The van der Waals surface area contributed by atoms with Gasteiger partial charge in [0.15, 0.2) is 0 Å². The van der Waals surface area contributed by atoms with Crippen LogP contribution in [0.25, 0.3) is 5.57 Å². The number of hydrogen-bond donors (Lipinski definition) is 2. The minimum atomic E-state index is -0.753. The zero-order valence-electron chi connectivity index (χ0n) is 13.5. The topological polar surface area (TPSA) is 49.3 Å². The van der Waals surface area contributed by atoms with Crippen molar-refractivity contribution in [1.29, 1.82) is 0 Å². The van der Waals surface area contributed by atoms with Crippen LogP contribution in [0.2, 0.25) is 0 Å². The van der Waals surface area contributed by atoms with Crippen LogP contribution in [0.3, 0.4) is 0 Å². The summed E-state index contributed by atoms with van der Waals surface area (Å²) in [6.07, 6.45) is 1.98. The van der Waals surface area contributed by atoms with Gasteiger partial charge >= 0.3 is 0 Å². The van der Waals surface area contributed by atoms with E-state index in [1.54, 1.807) is 12.1 Å². The van der Waals surface area contributed by atoms with Crippen molar-refractivity contribution in [3.63, 3.8) is 0 Å². The summed E-state index contributed by atoms with van der Waals surface area (Å²) in [5.74, 6) is 0.0895. The molecule has 1 unspecified atom stereocenters. The molecule has 0 saturated carbocycles. The average Bonchev–Trinajstić information content (AvgIpc) is 3.02. The molecular formula is C22H17NO2. The van der Waals surface area contributed by atoms with Crippen LogP contribution < -0.4 is 5.32 Å². The van der Waals surface area contributed by atoms with Crippen LogP contribution in [0.4, 0.5) is 0 Å². The van der Waals surface area contributed by atoms with Crippen LogP contribution in [0.5, 0.6) is 5.75 Å². The highest BCUT2D eigenvalue weighted by Gasteiger charge is 2.40. The summed E-state index contributed by atoms with van der Waals surface area (Å²) < 4.78 is 0. The van der Waals surface area contributed by atoms with Gasteiger partial charge in [-0.3, -0.25) is 4.79 Å². The molecule has 3 aromatic rings. The van der Waals surface area contributed by atoms with Crippen molar-refractivity contribution in [3.05, 3.63) is 108 Å². The lowest BCUT2D eigenvalue weighted by Crippen LogP contribution is -2.40. The molecule has 0 aromatic heterocycles. The molecule has 0 bridgehead atoms. The maximum Gasteiger partial charge on any atom is 0.252 e. The van der Waals surface area contributed by atoms with Crippen LogP contribution >= 0.6 is 0 Å². The number of aromatic hydroxyl groups is 1. The molecule has 3 heteroatoms. The lowest BCUT2D eigenvalue weighted by atomic mass is 9.83. The largest absolute Gasteiger partial charge is 0.508 e. The highest BCUT2D eigenvalue weighted by atomic mass is 16.3. The van der Waals surface area contributed by atoms with Gasteiger partial charge in [0.1, 0.15) is 11.3 Å². The molecule has 3 aromatic carbocycles. The molecule has 3 nitrogen and oxygen atoms in total. The molecule has 25 heavy (non-hydrogen) atoms. The van der Waals surface area contributed by atoms with Crippen molar-refractivity contribution in [2.75, 3.05) is 0 Å². The second-order valence-electron chi connectivity index (χ2n) is 6.10. The number of rotatable bonds is 3. The van der Waals surface area contributed by atoms with Crippen molar-refractivity contribution in [3.8, 4) is 5.75 Å². The Balaban J connectivity index is 1.92. The van der Waals surface area contributed by atoms with E-state index in [-0.39, 0.29) is 11.7 Å². The smallest absolute Gasteiger partial charge is 0.252 e. The van der Waals surface area contributed by atoms with E-state index >= 15 is 0 Å². The first-order valence-corrected chi connectivity index (χ1v) is 8.15. The Morgan fingerprint density at radius 1 is 0.720 bits per heavy atom. The third-order valence-electron chi connectivity index (χ3n) is 4.55. The highest BCUT2D eigenvalue weighted by Crippen LogP contribution is 2.39. The molecule has 4 rings (SSSR count). The van der Waals surface area contributed by atoms with Crippen molar-refractivity contribution >= 4 is 11.5 Å². The summed E-state index contributed by atoms with van der Waals surface area (Å²) in [5, 5.41) is 12.8. The van der Waals surface area contributed by atoms with Crippen molar-refractivity contribution in [2.45, 2.75) is 5.54 Å². The fourth-order valence-electron chi connectivity index (χ4n) is 3.30. The molecule has 0 radical (unpaired) electrons. The van der Waals surface area contributed by atoms with Gasteiger partial charge in [-0.15, -0.1) is 0 Å². The first-order valence-electron chi connectivity index (χ1n) is 8.15.